The summed E-state index contributed by atoms with van der Waals surface area (Å²) in [7, 11) is 2.30. The molecule has 3 aliphatic heterocycles. The Balaban J connectivity index is 1.62. The number of H-pyrrole nitrogens is 2. The second-order valence-electron chi connectivity index (χ2n) is 16.8. The highest BCUT2D eigenvalue weighted by atomic mass is 19.2. The molecule has 0 saturated carbocycles. The largest absolute Gasteiger partial charge is 0.469 e. The third-order valence-corrected chi connectivity index (χ3v) is 11.6. The SMILES string of the molecule is C#CCNc1c(F)c(F)c(/C2=C3\C=CC(=N3)[C@@H](C(C)(C)CC(=O)OC)C3=N/C(=C(/c4c(F)c(F)c(F)c(F)c4F)c4ccc([nH]4)[C@@H](C(C)(C)CC(=O)OC)c4ccc2[nH]4)C=C3)c(F)c1F. The highest BCUT2D eigenvalue weighted by Crippen LogP contribution is 2.47. The number of ether oxygens (including phenoxy) is 2. The van der Waals surface area contributed by atoms with Gasteiger partial charge >= 0.3 is 11.9 Å². The molecule has 9 nitrogen and oxygen atoms in total. The van der Waals surface area contributed by atoms with Crippen LogP contribution in [0.4, 0.5) is 45.2 Å². The molecule has 0 fully saturated rings. The molecule has 3 aliphatic rings. The fraction of sp³-hybridized carbons (Fsp3) is 0.277. The van der Waals surface area contributed by atoms with Gasteiger partial charge in [0.1, 0.15) is 5.69 Å². The van der Waals surface area contributed by atoms with Crippen LogP contribution in [-0.2, 0) is 19.1 Å². The van der Waals surface area contributed by atoms with Gasteiger partial charge in [-0.25, -0.2) is 39.5 Å². The number of fused-ring (bicyclic) bond motifs is 6. The van der Waals surface area contributed by atoms with Gasteiger partial charge in [0.15, 0.2) is 46.5 Å². The standard InChI is InChI=1S/C47H38F9N5O4/c1-8-17-57-45-43(55)38(50)33(39(51)44(45)56)31-22-11-15-26(60-22)34(46(2,3)18-28(62)64-6)24-13-9-20(58-24)30(32-36(48)40(52)42(54)41(53)37(32)49)21-10-14-25(59-21)35(27-16-12-23(31)61-27)47(4,5)19-29(63)65-7/h1,9-16,34-35,57-58,60H,17-19H2,2-7H3/b30-21+,31-23+/t34-,35+/m1/s1. The summed E-state index contributed by atoms with van der Waals surface area (Å²) in [5.74, 6) is -19.8. The minimum atomic E-state index is -2.39. The molecule has 0 unspecified atom stereocenters. The van der Waals surface area contributed by atoms with E-state index in [1.165, 1.54) is 48.6 Å². The molecule has 5 heterocycles. The van der Waals surface area contributed by atoms with Crippen LogP contribution in [0.3, 0.4) is 0 Å². The molecule has 2 aromatic carbocycles. The third-order valence-electron chi connectivity index (χ3n) is 11.6. The number of terminal acetylenes is 1. The van der Waals surface area contributed by atoms with E-state index in [0.717, 1.165) is 14.2 Å². The summed E-state index contributed by atoms with van der Waals surface area (Å²) in [6.07, 6.45) is 9.93. The van der Waals surface area contributed by atoms with Crippen LogP contribution in [0.15, 0.2) is 69.9 Å². The van der Waals surface area contributed by atoms with Crippen LogP contribution in [0.2, 0.25) is 0 Å². The molecule has 0 saturated heterocycles. The van der Waals surface area contributed by atoms with E-state index in [-0.39, 0.29) is 58.4 Å². The summed E-state index contributed by atoms with van der Waals surface area (Å²) in [5, 5.41) is 2.16. The number of anilines is 1. The number of aromatic nitrogens is 2. The van der Waals surface area contributed by atoms with E-state index in [9.17, 15) is 14.0 Å². The van der Waals surface area contributed by atoms with Crippen molar-refractivity contribution in [2.24, 2.45) is 26.7 Å². The number of methoxy groups -OCH3 is 2. The molecule has 3 N–H and O–H groups in total. The van der Waals surface area contributed by atoms with Crippen molar-refractivity contribution in [1.29, 1.82) is 0 Å². The number of allylic oxidation sites excluding steroid dienone is 4. The number of nitrogens with one attached hydrogen (secondary N) is 3. The van der Waals surface area contributed by atoms with Gasteiger partial charge in [-0.1, -0.05) is 33.6 Å². The van der Waals surface area contributed by atoms with Gasteiger partial charge < -0.3 is 24.8 Å². The van der Waals surface area contributed by atoms with E-state index >= 15 is 35.1 Å². The van der Waals surface area contributed by atoms with Crippen LogP contribution in [0.5, 0.6) is 0 Å². The zero-order chi connectivity index (χ0) is 47.4. The van der Waals surface area contributed by atoms with E-state index in [2.05, 4.69) is 26.2 Å². The van der Waals surface area contributed by atoms with Crippen molar-refractivity contribution in [3.8, 4) is 12.3 Å². The summed E-state index contributed by atoms with van der Waals surface area (Å²) in [6, 6.07) is 5.52. The molecule has 4 aromatic rings. The summed E-state index contributed by atoms with van der Waals surface area (Å²) in [5.41, 5.74) is -7.54. The number of hydrogen-bond acceptors (Lipinski definition) is 7. The topological polar surface area (TPSA) is 121 Å². The van der Waals surface area contributed by atoms with Crippen molar-refractivity contribution in [2.45, 2.75) is 46.5 Å². The minimum absolute atomic E-state index is 0.0398. The number of carbonyl (C=O) groups excluding carboxylic acids is 2. The predicted octanol–water partition coefficient (Wildman–Crippen LogP) is 10.1. The average Bonchev–Trinajstić information content (AvgIpc) is 4.11. The first kappa shape index (κ1) is 46.0. The third kappa shape index (κ3) is 7.97. The van der Waals surface area contributed by atoms with Gasteiger partial charge in [0.05, 0.1) is 67.6 Å². The summed E-state index contributed by atoms with van der Waals surface area (Å²) >= 11 is 0. The lowest BCUT2D eigenvalue weighted by Crippen LogP contribution is -2.37. The van der Waals surface area contributed by atoms with Crippen LogP contribution in [-0.4, -0.2) is 54.1 Å². The maximum atomic E-state index is 16.5. The number of nitrogens with zero attached hydrogens (tertiary/aromatic N) is 2. The van der Waals surface area contributed by atoms with Crippen LogP contribution >= 0.6 is 0 Å². The van der Waals surface area contributed by atoms with Crippen molar-refractivity contribution in [2.75, 3.05) is 26.1 Å². The van der Waals surface area contributed by atoms with Crippen LogP contribution in [0, 0.1) is 81.4 Å². The van der Waals surface area contributed by atoms with Gasteiger partial charge in [0.2, 0.25) is 5.82 Å². The molecule has 0 amide bonds. The molecule has 2 aromatic heterocycles. The first-order valence-corrected chi connectivity index (χ1v) is 19.8. The fourth-order valence-corrected chi connectivity index (χ4v) is 8.63. The number of hydrogen-bond donors (Lipinski definition) is 3. The van der Waals surface area contributed by atoms with E-state index in [1.807, 2.05) is 0 Å². The molecule has 65 heavy (non-hydrogen) atoms. The minimum Gasteiger partial charge on any atom is -0.469 e. The quantitative estimate of drug-likeness (QED) is 0.0481. The Bertz CT molecular complexity index is 2870. The molecular weight excluding hydrogens is 870 g/mol. The van der Waals surface area contributed by atoms with E-state index < -0.39 is 121 Å². The number of carbonyl (C=O) groups is 2. The Morgan fingerprint density at radius 3 is 1.40 bits per heavy atom. The molecular formula is C47H38F9N5O4. The monoisotopic (exact) mass is 907 g/mol. The lowest BCUT2D eigenvalue weighted by Gasteiger charge is -2.33. The smallest absolute Gasteiger partial charge is 0.306 e. The van der Waals surface area contributed by atoms with Crippen molar-refractivity contribution in [3.63, 3.8) is 0 Å². The lowest BCUT2D eigenvalue weighted by molar-refractivity contribution is -0.144. The Labute approximate surface area is 365 Å². The van der Waals surface area contributed by atoms with E-state index in [0.29, 0.717) is 0 Å². The van der Waals surface area contributed by atoms with Gasteiger partial charge in [-0.3, -0.25) is 19.6 Å². The van der Waals surface area contributed by atoms with E-state index in [1.54, 1.807) is 27.7 Å². The maximum absolute atomic E-state index is 16.5. The molecule has 7 rings (SSSR count). The zero-order valence-electron chi connectivity index (χ0n) is 35.4. The summed E-state index contributed by atoms with van der Waals surface area (Å²) in [4.78, 5) is 41.2. The van der Waals surface area contributed by atoms with Gasteiger partial charge in [0.25, 0.3) is 0 Å². The van der Waals surface area contributed by atoms with Crippen LogP contribution in [0.1, 0.15) is 80.4 Å². The van der Waals surface area contributed by atoms with Crippen LogP contribution < -0.4 is 5.32 Å². The van der Waals surface area contributed by atoms with Gasteiger partial charge in [-0.15, -0.1) is 6.42 Å². The Morgan fingerprint density at radius 2 is 1.00 bits per heavy atom. The highest BCUT2D eigenvalue weighted by Gasteiger charge is 2.42. The van der Waals surface area contributed by atoms with Crippen molar-refractivity contribution in [3.05, 3.63) is 146 Å². The van der Waals surface area contributed by atoms with Crippen LogP contribution in [0.25, 0.3) is 11.1 Å². The first-order chi connectivity index (χ1) is 30.7. The Hall–Kier alpha value is -7.03. The molecule has 0 spiro atoms. The molecule has 338 valence electrons. The molecule has 18 heteroatoms. The number of benzene rings is 2. The first-order valence-electron chi connectivity index (χ1n) is 19.8. The van der Waals surface area contributed by atoms with Gasteiger partial charge in [-0.05, 0) is 59.4 Å². The maximum Gasteiger partial charge on any atom is 0.306 e. The van der Waals surface area contributed by atoms with Gasteiger partial charge in [-0.2, -0.15) is 0 Å². The van der Waals surface area contributed by atoms with E-state index in [4.69, 9.17) is 20.9 Å². The molecule has 0 aliphatic carbocycles. The lowest BCUT2D eigenvalue weighted by atomic mass is 9.71. The highest BCUT2D eigenvalue weighted by molar-refractivity contribution is 6.20. The summed E-state index contributed by atoms with van der Waals surface area (Å²) < 4.78 is 151. The Kier molecular flexibility index (Phi) is 12.1. The van der Waals surface area contributed by atoms with Crippen molar-refractivity contribution >= 4 is 40.2 Å². The van der Waals surface area contributed by atoms with Gasteiger partial charge in [0, 0.05) is 45.8 Å². The zero-order valence-corrected chi connectivity index (χ0v) is 35.4. The second kappa shape index (κ2) is 17.2. The molecule has 2 atom stereocenters. The predicted molar refractivity (Wildman–Crippen MR) is 223 cm³/mol. The molecule has 0 radical (unpaired) electrons. The van der Waals surface area contributed by atoms with Crippen molar-refractivity contribution < 1.29 is 58.6 Å². The number of aromatic amines is 2. The van der Waals surface area contributed by atoms with Crippen molar-refractivity contribution in [1.82, 2.24) is 9.97 Å². The Morgan fingerprint density at radius 1 is 0.615 bits per heavy atom. The normalized spacial score (nSPS) is 19.3. The number of halogens is 9. The fourth-order valence-electron chi connectivity index (χ4n) is 8.63. The number of esters is 2. The second-order valence-corrected chi connectivity index (χ2v) is 16.8. The number of rotatable bonds is 10. The number of aliphatic imine (C=N–C) groups is 2. The summed E-state index contributed by atoms with van der Waals surface area (Å²) in [6.45, 7) is 6.04. The molecule has 8 bridgehead atoms. The average molecular weight is 908 g/mol.